The molecule has 0 radical (unpaired) electrons. The van der Waals surface area contributed by atoms with E-state index in [1.165, 1.54) is 0 Å². The molecule has 2 N–H and O–H groups in total. The largest absolute Gasteiger partial charge is 0.330 e. The van der Waals surface area contributed by atoms with Crippen molar-refractivity contribution in [3.05, 3.63) is 59.9 Å². The zero-order valence-electron chi connectivity index (χ0n) is 17.6. The first-order valence-corrected chi connectivity index (χ1v) is 10.4. The normalized spacial score (nSPS) is 16.3. The van der Waals surface area contributed by atoms with Gasteiger partial charge < -0.3 is 15.5 Å². The molecule has 30 heavy (non-hydrogen) atoms. The van der Waals surface area contributed by atoms with Crippen molar-refractivity contribution < 1.29 is 9.59 Å². The highest BCUT2D eigenvalue weighted by molar-refractivity contribution is 5.96. The van der Waals surface area contributed by atoms with Crippen LogP contribution in [0.4, 0.5) is 5.69 Å². The predicted molar refractivity (Wildman–Crippen MR) is 122 cm³/mol. The summed E-state index contributed by atoms with van der Waals surface area (Å²) in [6.07, 6.45) is 4.73. The molecule has 1 aliphatic rings. The Morgan fingerprint density at radius 2 is 1.90 bits per heavy atom. The SMILES string of the molecule is CC(C)C(=O)Nc1ccc(C(=O)N(Cc2ccccn2)C2CCCNCC2)cc1.Cl. The molecule has 3 rings (SSSR count). The molecular weight excluding hydrogens is 400 g/mol. The average molecular weight is 431 g/mol. The first kappa shape index (κ1) is 23.8. The lowest BCUT2D eigenvalue weighted by Crippen LogP contribution is -2.40. The van der Waals surface area contributed by atoms with Crippen molar-refractivity contribution >= 4 is 29.9 Å². The number of pyridine rings is 1. The van der Waals surface area contributed by atoms with Gasteiger partial charge in [0.2, 0.25) is 5.91 Å². The molecule has 1 aliphatic heterocycles. The molecule has 162 valence electrons. The van der Waals surface area contributed by atoms with E-state index in [0.29, 0.717) is 17.8 Å². The van der Waals surface area contributed by atoms with Crippen molar-refractivity contribution in [2.24, 2.45) is 5.92 Å². The van der Waals surface area contributed by atoms with E-state index >= 15 is 0 Å². The molecule has 0 spiro atoms. The molecule has 1 unspecified atom stereocenters. The van der Waals surface area contributed by atoms with Crippen molar-refractivity contribution in [1.82, 2.24) is 15.2 Å². The molecule has 1 saturated heterocycles. The van der Waals surface area contributed by atoms with Gasteiger partial charge in [-0.2, -0.15) is 0 Å². The lowest BCUT2D eigenvalue weighted by Gasteiger charge is -2.31. The van der Waals surface area contributed by atoms with Gasteiger partial charge in [-0.05, 0) is 68.8 Å². The Bertz CT molecular complexity index is 804. The van der Waals surface area contributed by atoms with E-state index < -0.39 is 0 Å². The number of carbonyl (C=O) groups excluding carboxylic acids is 2. The van der Waals surface area contributed by atoms with Crippen molar-refractivity contribution in [3.63, 3.8) is 0 Å². The minimum atomic E-state index is -0.0889. The van der Waals surface area contributed by atoms with Gasteiger partial charge in [-0.3, -0.25) is 14.6 Å². The van der Waals surface area contributed by atoms with Crippen LogP contribution in [0.1, 0.15) is 49.2 Å². The number of hydrogen-bond acceptors (Lipinski definition) is 4. The number of carbonyl (C=O) groups is 2. The third-order valence-electron chi connectivity index (χ3n) is 5.23. The van der Waals surface area contributed by atoms with Crippen LogP contribution < -0.4 is 10.6 Å². The van der Waals surface area contributed by atoms with Crippen LogP contribution in [0, 0.1) is 5.92 Å². The third kappa shape index (κ3) is 6.54. The summed E-state index contributed by atoms with van der Waals surface area (Å²) in [4.78, 5) is 31.6. The lowest BCUT2D eigenvalue weighted by atomic mass is 10.0. The number of aromatic nitrogens is 1. The molecule has 1 fully saturated rings. The van der Waals surface area contributed by atoms with E-state index in [9.17, 15) is 9.59 Å². The number of hydrogen-bond donors (Lipinski definition) is 2. The van der Waals surface area contributed by atoms with Crippen molar-refractivity contribution in [3.8, 4) is 0 Å². The number of amides is 2. The van der Waals surface area contributed by atoms with E-state index in [1.54, 1.807) is 30.5 Å². The summed E-state index contributed by atoms with van der Waals surface area (Å²) in [5, 5.41) is 6.28. The van der Waals surface area contributed by atoms with Gasteiger partial charge in [0.05, 0.1) is 12.2 Å². The van der Waals surface area contributed by atoms with E-state index in [-0.39, 0.29) is 36.2 Å². The molecule has 1 aromatic carbocycles. The number of anilines is 1. The monoisotopic (exact) mass is 430 g/mol. The van der Waals surface area contributed by atoms with Crippen molar-refractivity contribution in [1.29, 1.82) is 0 Å². The Hall–Kier alpha value is -2.44. The Kier molecular flexibility index (Phi) is 9.27. The molecule has 2 amide bonds. The Morgan fingerprint density at radius 3 is 2.57 bits per heavy atom. The zero-order valence-corrected chi connectivity index (χ0v) is 18.5. The second-order valence-corrected chi connectivity index (χ2v) is 7.81. The first-order valence-electron chi connectivity index (χ1n) is 10.4. The number of rotatable bonds is 6. The molecule has 7 heteroatoms. The standard InChI is InChI=1S/C23H30N4O2.ClH/c1-17(2)22(28)26-19-10-8-18(9-11-19)23(29)27(16-20-6-3-4-14-25-20)21-7-5-13-24-15-12-21;/h3-4,6,8-11,14,17,21,24H,5,7,12-13,15-16H2,1-2H3,(H,26,28);1H. The second kappa shape index (κ2) is 11.7. The maximum Gasteiger partial charge on any atom is 0.254 e. The first-order chi connectivity index (χ1) is 14.0. The van der Waals surface area contributed by atoms with Crippen LogP contribution in [0.3, 0.4) is 0 Å². The van der Waals surface area contributed by atoms with Crippen LogP contribution in [0.2, 0.25) is 0 Å². The van der Waals surface area contributed by atoms with Gasteiger partial charge in [0, 0.05) is 29.4 Å². The molecule has 1 aromatic heterocycles. The minimum Gasteiger partial charge on any atom is -0.330 e. The summed E-state index contributed by atoms with van der Waals surface area (Å²) >= 11 is 0. The van der Waals surface area contributed by atoms with Gasteiger partial charge in [-0.1, -0.05) is 19.9 Å². The van der Waals surface area contributed by atoms with Crippen LogP contribution in [-0.4, -0.2) is 40.8 Å². The highest BCUT2D eigenvalue weighted by Crippen LogP contribution is 2.20. The van der Waals surface area contributed by atoms with Crippen LogP contribution in [0.15, 0.2) is 48.7 Å². The van der Waals surface area contributed by atoms with Gasteiger partial charge in [0.15, 0.2) is 0 Å². The average Bonchev–Trinajstić information content (AvgIpc) is 3.02. The van der Waals surface area contributed by atoms with Crippen LogP contribution in [-0.2, 0) is 11.3 Å². The van der Waals surface area contributed by atoms with Gasteiger partial charge >= 0.3 is 0 Å². The fraction of sp³-hybridized carbons (Fsp3) is 0.435. The van der Waals surface area contributed by atoms with E-state index in [1.807, 2.05) is 36.9 Å². The molecule has 6 nitrogen and oxygen atoms in total. The number of nitrogens with one attached hydrogen (secondary N) is 2. The topological polar surface area (TPSA) is 74.3 Å². The van der Waals surface area contributed by atoms with Crippen molar-refractivity contribution in [2.75, 3.05) is 18.4 Å². The predicted octanol–water partition coefficient (Wildman–Crippen LogP) is 3.88. The maximum absolute atomic E-state index is 13.4. The number of nitrogens with zero attached hydrogens (tertiary/aromatic N) is 2. The fourth-order valence-electron chi connectivity index (χ4n) is 3.49. The molecule has 0 saturated carbocycles. The Labute approximate surface area is 184 Å². The van der Waals surface area contributed by atoms with Gasteiger partial charge in [0.1, 0.15) is 0 Å². The summed E-state index contributed by atoms with van der Waals surface area (Å²) in [5.41, 5.74) is 2.22. The van der Waals surface area contributed by atoms with Gasteiger partial charge in [0.25, 0.3) is 5.91 Å². The van der Waals surface area contributed by atoms with Crippen LogP contribution in [0.5, 0.6) is 0 Å². The molecule has 1 atom stereocenters. The van der Waals surface area contributed by atoms with Crippen molar-refractivity contribution in [2.45, 2.75) is 45.7 Å². The van der Waals surface area contributed by atoms with Crippen LogP contribution in [0.25, 0.3) is 0 Å². The third-order valence-corrected chi connectivity index (χ3v) is 5.23. The quantitative estimate of drug-likeness (QED) is 0.729. The van der Waals surface area contributed by atoms with Gasteiger partial charge in [-0.25, -0.2) is 0 Å². The summed E-state index contributed by atoms with van der Waals surface area (Å²) in [6, 6.07) is 13.1. The molecular formula is C23H31ClN4O2. The zero-order chi connectivity index (χ0) is 20.6. The summed E-state index contributed by atoms with van der Waals surface area (Å²) in [7, 11) is 0. The highest BCUT2D eigenvalue weighted by Gasteiger charge is 2.26. The smallest absolute Gasteiger partial charge is 0.254 e. The maximum atomic E-state index is 13.4. The minimum absolute atomic E-state index is 0. The number of benzene rings is 1. The molecule has 0 aliphatic carbocycles. The highest BCUT2D eigenvalue weighted by atomic mass is 35.5. The number of halogens is 1. The molecule has 2 heterocycles. The van der Waals surface area contributed by atoms with Gasteiger partial charge in [-0.15, -0.1) is 12.4 Å². The Balaban J connectivity index is 0.00000320. The molecule has 0 bridgehead atoms. The fourth-order valence-corrected chi connectivity index (χ4v) is 3.49. The lowest BCUT2D eigenvalue weighted by molar-refractivity contribution is -0.118. The summed E-state index contributed by atoms with van der Waals surface area (Å²) in [6.45, 7) is 6.11. The van der Waals surface area contributed by atoms with Crippen LogP contribution >= 0.6 is 12.4 Å². The van der Waals surface area contributed by atoms with E-state index in [4.69, 9.17) is 0 Å². The Morgan fingerprint density at radius 1 is 1.13 bits per heavy atom. The summed E-state index contributed by atoms with van der Waals surface area (Å²) in [5.74, 6) is -0.120. The summed E-state index contributed by atoms with van der Waals surface area (Å²) < 4.78 is 0. The second-order valence-electron chi connectivity index (χ2n) is 7.81. The van der Waals surface area contributed by atoms with E-state index in [2.05, 4.69) is 15.6 Å². The molecule has 2 aromatic rings. The van der Waals surface area contributed by atoms with E-state index in [0.717, 1.165) is 38.0 Å².